The van der Waals surface area contributed by atoms with Gasteiger partial charge in [0.15, 0.2) is 0 Å². The van der Waals surface area contributed by atoms with Gasteiger partial charge in [0.1, 0.15) is 0 Å². The number of benzene rings is 3. The predicted molar refractivity (Wildman–Crippen MR) is 105 cm³/mol. The van der Waals surface area contributed by atoms with Gasteiger partial charge in [0.05, 0.1) is 5.75 Å². The number of hydrogen-bond donors (Lipinski definition) is 1. The highest BCUT2D eigenvalue weighted by atomic mass is 32.2. The molecule has 3 aromatic carbocycles. The molecule has 0 fully saturated rings. The predicted octanol–water partition coefficient (Wildman–Crippen LogP) is 5.27. The van der Waals surface area contributed by atoms with Gasteiger partial charge in [-0.05, 0) is 40.5 Å². The molecular weight excluding hydrogens is 314 g/mol. The minimum absolute atomic E-state index is 0.0458. The first-order valence-corrected chi connectivity index (χ1v) is 9.35. The Morgan fingerprint density at radius 1 is 0.958 bits per heavy atom. The third-order valence-corrected chi connectivity index (χ3v) is 5.00. The summed E-state index contributed by atoms with van der Waals surface area (Å²) in [5.74, 6) is 1.34. The fraction of sp³-hybridized carbons (Fsp3) is 0.190. The van der Waals surface area contributed by atoms with Gasteiger partial charge in [0, 0.05) is 11.4 Å². The van der Waals surface area contributed by atoms with Crippen LogP contribution in [0.4, 0.5) is 5.69 Å². The van der Waals surface area contributed by atoms with Crippen LogP contribution in [0.3, 0.4) is 0 Å². The molecule has 1 amide bonds. The van der Waals surface area contributed by atoms with Gasteiger partial charge in [0.2, 0.25) is 5.91 Å². The van der Waals surface area contributed by atoms with Crippen LogP contribution in [0, 0.1) is 0 Å². The van der Waals surface area contributed by atoms with Crippen molar-refractivity contribution < 1.29 is 4.79 Å². The number of carbonyl (C=O) groups excluding carboxylic acids is 1. The number of amides is 1. The Hall–Kier alpha value is -2.26. The molecule has 0 saturated heterocycles. The van der Waals surface area contributed by atoms with Crippen molar-refractivity contribution in [1.82, 2.24) is 0 Å². The molecular formula is C21H21NOS. The van der Waals surface area contributed by atoms with E-state index in [-0.39, 0.29) is 5.91 Å². The Kier molecular flexibility index (Phi) is 5.55. The van der Waals surface area contributed by atoms with Gasteiger partial charge in [0.25, 0.3) is 0 Å². The van der Waals surface area contributed by atoms with Crippen LogP contribution in [0.5, 0.6) is 0 Å². The topological polar surface area (TPSA) is 29.1 Å². The fourth-order valence-electron chi connectivity index (χ4n) is 2.69. The minimum Gasteiger partial charge on any atom is -0.325 e. The van der Waals surface area contributed by atoms with E-state index in [0.717, 1.165) is 17.9 Å². The maximum Gasteiger partial charge on any atom is 0.234 e. The number of hydrogen-bond acceptors (Lipinski definition) is 2. The molecule has 0 unspecified atom stereocenters. The molecule has 24 heavy (non-hydrogen) atoms. The summed E-state index contributed by atoms with van der Waals surface area (Å²) in [6, 6.07) is 22.7. The standard InChI is InChI=1S/C21H21NOS/c1-2-16-10-12-19(13-11-16)22-21(23)15-24-14-18-8-5-7-17-6-3-4-9-20(17)18/h3-13H,2,14-15H2,1H3,(H,22,23). The molecule has 3 heteroatoms. The van der Waals surface area contributed by atoms with E-state index >= 15 is 0 Å². The average molecular weight is 335 g/mol. The first-order chi connectivity index (χ1) is 11.8. The largest absolute Gasteiger partial charge is 0.325 e. The smallest absolute Gasteiger partial charge is 0.234 e. The van der Waals surface area contributed by atoms with Crippen LogP contribution in [-0.2, 0) is 17.0 Å². The molecule has 0 atom stereocenters. The zero-order valence-corrected chi connectivity index (χ0v) is 14.6. The number of nitrogens with one attached hydrogen (secondary N) is 1. The molecule has 122 valence electrons. The van der Waals surface area contributed by atoms with E-state index in [1.807, 2.05) is 12.1 Å². The molecule has 0 spiro atoms. The second-order valence-corrected chi connectivity index (χ2v) is 6.72. The van der Waals surface area contributed by atoms with Crippen molar-refractivity contribution in [3.05, 3.63) is 77.9 Å². The quantitative estimate of drug-likeness (QED) is 0.664. The number of fused-ring (bicyclic) bond motifs is 1. The summed E-state index contributed by atoms with van der Waals surface area (Å²) in [4.78, 5) is 12.1. The average Bonchev–Trinajstić information content (AvgIpc) is 2.62. The number of anilines is 1. The van der Waals surface area contributed by atoms with Crippen LogP contribution in [-0.4, -0.2) is 11.7 Å². The van der Waals surface area contributed by atoms with E-state index < -0.39 is 0 Å². The van der Waals surface area contributed by atoms with Crippen LogP contribution in [0.2, 0.25) is 0 Å². The Bertz CT molecular complexity index is 821. The van der Waals surface area contributed by atoms with Crippen LogP contribution in [0.25, 0.3) is 10.8 Å². The van der Waals surface area contributed by atoms with E-state index in [4.69, 9.17) is 0 Å². The van der Waals surface area contributed by atoms with Crippen molar-refractivity contribution in [2.75, 3.05) is 11.1 Å². The van der Waals surface area contributed by atoms with Crippen molar-refractivity contribution in [2.24, 2.45) is 0 Å². The number of thioether (sulfide) groups is 1. The monoisotopic (exact) mass is 335 g/mol. The molecule has 0 radical (unpaired) electrons. The van der Waals surface area contributed by atoms with Crippen molar-refractivity contribution in [3.63, 3.8) is 0 Å². The lowest BCUT2D eigenvalue weighted by molar-refractivity contribution is -0.113. The second kappa shape index (κ2) is 8.02. The van der Waals surface area contributed by atoms with E-state index in [2.05, 4.69) is 66.8 Å². The molecule has 0 aliphatic rings. The first kappa shape index (κ1) is 16.6. The number of rotatable bonds is 6. The summed E-state index contributed by atoms with van der Waals surface area (Å²) in [6.45, 7) is 2.12. The Labute approximate surface area is 147 Å². The van der Waals surface area contributed by atoms with Crippen molar-refractivity contribution in [3.8, 4) is 0 Å². The van der Waals surface area contributed by atoms with Crippen LogP contribution >= 0.6 is 11.8 Å². The van der Waals surface area contributed by atoms with Gasteiger partial charge in [-0.15, -0.1) is 11.8 Å². The molecule has 0 aliphatic heterocycles. The Morgan fingerprint density at radius 3 is 2.50 bits per heavy atom. The molecule has 0 saturated carbocycles. The van der Waals surface area contributed by atoms with Crippen molar-refractivity contribution >= 4 is 34.1 Å². The highest BCUT2D eigenvalue weighted by Gasteiger charge is 2.05. The van der Waals surface area contributed by atoms with Crippen molar-refractivity contribution in [1.29, 1.82) is 0 Å². The highest BCUT2D eigenvalue weighted by molar-refractivity contribution is 7.99. The van der Waals surface area contributed by atoms with Gasteiger partial charge in [-0.3, -0.25) is 4.79 Å². The van der Waals surface area contributed by atoms with E-state index in [1.165, 1.54) is 21.9 Å². The molecule has 3 rings (SSSR count). The summed E-state index contributed by atoms with van der Waals surface area (Å²) < 4.78 is 0. The third kappa shape index (κ3) is 4.18. The van der Waals surface area contributed by atoms with Crippen LogP contribution < -0.4 is 5.32 Å². The van der Waals surface area contributed by atoms with Gasteiger partial charge < -0.3 is 5.32 Å². The maximum absolute atomic E-state index is 12.1. The van der Waals surface area contributed by atoms with Gasteiger partial charge in [-0.25, -0.2) is 0 Å². The normalized spacial score (nSPS) is 10.7. The minimum atomic E-state index is 0.0458. The first-order valence-electron chi connectivity index (χ1n) is 8.19. The molecule has 1 N–H and O–H groups in total. The number of carbonyl (C=O) groups is 1. The zero-order valence-electron chi connectivity index (χ0n) is 13.8. The molecule has 0 aromatic heterocycles. The summed E-state index contributed by atoms with van der Waals surface area (Å²) in [5, 5.41) is 5.47. The molecule has 2 nitrogen and oxygen atoms in total. The third-order valence-electron chi connectivity index (χ3n) is 4.02. The Morgan fingerprint density at radius 2 is 1.71 bits per heavy atom. The van der Waals surface area contributed by atoms with Gasteiger partial charge >= 0.3 is 0 Å². The Balaban J connectivity index is 1.54. The lowest BCUT2D eigenvalue weighted by Crippen LogP contribution is -2.14. The second-order valence-electron chi connectivity index (χ2n) is 5.73. The fourth-order valence-corrected chi connectivity index (χ4v) is 3.52. The highest BCUT2D eigenvalue weighted by Crippen LogP contribution is 2.22. The summed E-state index contributed by atoms with van der Waals surface area (Å²) in [6.07, 6.45) is 1.01. The lowest BCUT2D eigenvalue weighted by Gasteiger charge is -2.08. The molecule has 0 bridgehead atoms. The molecule has 3 aromatic rings. The number of aryl methyl sites for hydroxylation is 1. The molecule has 0 aliphatic carbocycles. The SMILES string of the molecule is CCc1ccc(NC(=O)CSCc2cccc3ccccc23)cc1. The van der Waals surface area contributed by atoms with Crippen molar-refractivity contribution in [2.45, 2.75) is 19.1 Å². The van der Waals surface area contributed by atoms with Crippen LogP contribution in [0.15, 0.2) is 66.7 Å². The molecule has 0 heterocycles. The summed E-state index contributed by atoms with van der Waals surface area (Å²) in [7, 11) is 0. The van der Waals surface area contributed by atoms with Crippen LogP contribution in [0.1, 0.15) is 18.1 Å². The van der Waals surface area contributed by atoms with Gasteiger partial charge in [-0.2, -0.15) is 0 Å². The summed E-state index contributed by atoms with van der Waals surface area (Å²) >= 11 is 1.64. The van der Waals surface area contributed by atoms with E-state index in [1.54, 1.807) is 11.8 Å². The lowest BCUT2D eigenvalue weighted by atomic mass is 10.1. The maximum atomic E-state index is 12.1. The van der Waals surface area contributed by atoms with E-state index in [0.29, 0.717) is 5.75 Å². The zero-order chi connectivity index (χ0) is 16.8. The van der Waals surface area contributed by atoms with Gasteiger partial charge in [-0.1, -0.05) is 61.5 Å². The summed E-state index contributed by atoms with van der Waals surface area (Å²) in [5.41, 5.74) is 3.42. The van der Waals surface area contributed by atoms with E-state index in [9.17, 15) is 4.79 Å².